The van der Waals surface area contributed by atoms with Gasteiger partial charge in [-0.05, 0) is 25.2 Å². The van der Waals surface area contributed by atoms with Crippen molar-refractivity contribution in [3.8, 4) is 0 Å². The average molecular weight is 351 g/mol. The molecule has 2 unspecified atom stereocenters. The fourth-order valence-corrected chi connectivity index (χ4v) is 3.55. The summed E-state index contributed by atoms with van der Waals surface area (Å²) >= 11 is 0. The fourth-order valence-electron chi connectivity index (χ4n) is 3.55. The SMILES string of the molecule is CCCCCCCC/C=C/C(CCCCCCC)C1CC(=O)OC1=O. The van der Waals surface area contributed by atoms with Gasteiger partial charge in [-0.1, -0.05) is 90.2 Å². The minimum absolute atomic E-state index is 0.167. The molecular weight excluding hydrogens is 312 g/mol. The van der Waals surface area contributed by atoms with E-state index in [-0.39, 0.29) is 30.2 Å². The first-order chi connectivity index (χ1) is 12.2. The highest BCUT2D eigenvalue weighted by Crippen LogP contribution is 2.30. The summed E-state index contributed by atoms with van der Waals surface area (Å²) in [6.45, 7) is 4.46. The highest BCUT2D eigenvalue weighted by atomic mass is 16.6. The number of hydrogen-bond acceptors (Lipinski definition) is 3. The van der Waals surface area contributed by atoms with E-state index in [1.807, 2.05) is 0 Å². The molecule has 144 valence electrons. The van der Waals surface area contributed by atoms with Crippen LogP contribution in [0.1, 0.15) is 104 Å². The van der Waals surface area contributed by atoms with Gasteiger partial charge in [-0.2, -0.15) is 0 Å². The molecule has 0 aromatic heterocycles. The van der Waals surface area contributed by atoms with E-state index in [0.29, 0.717) is 0 Å². The number of cyclic esters (lactones) is 2. The predicted molar refractivity (Wildman–Crippen MR) is 103 cm³/mol. The lowest BCUT2D eigenvalue weighted by molar-refractivity contribution is -0.153. The molecule has 1 fully saturated rings. The van der Waals surface area contributed by atoms with Crippen molar-refractivity contribution < 1.29 is 14.3 Å². The third kappa shape index (κ3) is 9.81. The van der Waals surface area contributed by atoms with Crippen molar-refractivity contribution in [1.82, 2.24) is 0 Å². The van der Waals surface area contributed by atoms with Gasteiger partial charge < -0.3 is 4.74 Å². The van der Waals surface area contributed by atoms with Crippen molar-refractivity contribution in [3.63, 3.8) is 0 Å². The van der Waals surface area contributed by atoms with Crippen LogP contribution in [0.3, 0.4) is 0 Å². The highest BCUT2D eigenvalue weighted by Gasteiger charge is 2.37. The second kappa shape index (κ2) is 14.1. The molecule has 0 amide bonds. The average Bonchev–Trinajstić information content (AvgIpc) is 2.93. The lowest BCUT2D eigenvalue weighted by atomic mass is 9.86. The Kier molecular flexibility index (Phi) is 12.4. The molecule has 0 radical (unpaired) electrons. The van der Waals surface area contributed by atoms with Gasteiger partial charge in [-0.3, -0.25) is 9.59 Å². The van der Waals surface area contributed by atoms with E-state index in [1.165, 1.54) is 64.2 Å². The van der Waals surface area contributed by atoms with E-state index in [2.05, 4.69) is 26.0 Å². The van der Waals surface area contributed by atoms with Crippen LogP contribution in [0.15, 0.2) is 12.2 Å². The maximum absolute atomic E-state index is 11.9. The van der Waals surface area contributed by atoms with E-state index >= 15 is 0 Å². The van der Waals surface area contributed by atoms with E-state index < -0.39 is 0 Å². The molecule has 0 aromatic rings. The Labute approximate surface area is 154 Å². The second-order valence-electron chi connectivity index (χ2n) is 7.46. The quantitative estimate of drug-likeness (QED) is 0.149. The molecule has 0 N–H and O–H groups in total. The number of ether oxygens (including phenoxy) is 1. The summed E-state index contributed by atoms with van der Waals surface area (Å²) in [4.78, 5) is 23.3. The second-order valence-corrected chi connectivity index (χ2v) is 7.46. The van der Waals surface area contributed by atoms with Crippen LogP contribution in [-0.2, 0) is 14.3 Å². The van der Waals surface area contributed by atoms with Gasteiger partial charge in [0.1, 0.15) is 0 Å². The predicted octanol–water partition coefficient (Wildman–Crippen LogP) is 6.36. The van der Waals surface area contributed by atoms with E-state index in [4.69, 9.17) is 4.74 Å². The topological polar surface area (TPSA) is 43.4 Å². The number of esters is 2. The zero-order chi connectivity index (χ0) is 18.3. The Morgan fingerprint density at radius 2 is 1.52 bits per heavy atom. The molecule has 1 aliphatic heterocycles. The van der Waals surface area contributed by atoms with Crippen LogP contribution in [0.2, 0.25) is 0 Å². The summed E-state index contributed by atoms with van der Waals surface area (Å²) in [6.07, 6.45) is 20.7. The first kappa shape index (κ1) is 21.9. The van der Waals surface area contributed by atoms with Crippen molar-refractivity contribution in [2.75, 3.05) is 0 Å². The zero-order valence-corrected chi connectivity index (χ0v) is 16.4. The van der Waals surface area contributed by atoms with Crippen LogP contribution in [-0.4, -0.2) is 11.9 Å². The summed E-state index contributed by atoms with van der Waals surface area (Å²) in [5, 5.41) is 0. The van der Waals surface area contributed by atoms with Gasteiger partial charge in [-0.15, -0.1) is 0 Å². The van der Waals surface area contributed by atoms with Gasteiger partial charge in [0, 0.05) is 0 Å². The summed E-state index contributed by atoms with van der Waals surface area (Å²) in [6, 6.07) is 0. The molecule has 1 rings (SSSR count). The Morgan fingerprint density at radius 3 is 2.12 bits per heavy atom. The monoisotopic (exact) mass is 350 g/mol. The van der Waals surface area contributed by atoms with Crippen LogP contribution < -0.4 is 0 Å². The summed E-state index contributed by atoms with van der Waals surface area (Å²) < 4.78 is 4.77. The van der Waals surface area contributed by atoms with Gasteiger partial charge in [0.2, 0.25) is 0 Å². The maximum atomic E-state index is 11.9. The number of allylic oxidation sites excluding steroid dienone is 2. The number of rotatable bonds is 15. The van der Waals surface area contributed by atoms with Crippen LogP contribution in [0.4, 0.5) is 0 Å². The molecule has 2 atom stereocenters. The minimum Gasteiger partial charge on any atom is -0.393 e. The van der Waals surface area contributed by atoms with Gasteiger partial charge in [0.05, 0.1) is 12.3 Å². The molecule has 0 aromatic carbocycles. The van der Waals surface area contributed by atoms with Gasteiger partial charge in [0.25, 0.3) is 0 Å². The Hall–Kier alpha value is -1.12. The van der Waals surface area contributed by atoms with Gasteiger partial charge in [0.15, 0.2) is 0 Å². The number of hydrogen-bond donors (Lipinski definition) is 0. The molecule has 0 bridgehead atoms. The summed E-state index contributed by atoms with van der Waals surface area (Å²) in [7, 11) is 0. The smallest absolute Gasteiger partial charge is 0.317 e. The maximum Gasteiger partial charge on any atom is 0.317 e. The van der Waals surface area contributed by atoms with E-state index in [0.717, 1.165) is 19.3 Å². The van der Waals surface area contributed by atoms with Crippen molar-refractivity contribution in [2.24, 2.45) is 11.8 Å². The lowest BCUT2D eigenvalue weighted by Gasteiger charge is -2.16. The van der Waals surface area contributed by atoms with Crippen LogP contribution >= 0.6 is 0 Å². The summed E-state index contributed by atoms with van der Waals surface area (Å²) in [5.74, 6) is -0.747. The van der Waals surface area contributed by atoms with Crippen molar-refractivity contribution >= 4 is 11.9 Å². The van der Waals surface area contributed by atoms with Crippen LogP contribution in [0.25, 0.3) is 0 Å². The summed E-state index contributed by atoms with van der Waals surface area (Å²) in [5.41, 5.74) is 0. The molecule has 0 spiro atoms. The Balaban J connectivity index is 2.35. The van der Waals surface area contributed by atoms with Gasteiger partial charge >= 0.3 is 11.9 Å². The number of carbonyl (C=O) groups excluding carboxylic acids is 2. The molecular formula is C22H38O3. The number of carbonyl (C=O) groups is 2. The number of unbranched alkanes of at least 4 members (excludes halogenated alkanes) is 10. The molecule has 1 saturated heterocycles. The zero-order valence-electron chi connectivity index (χ0n) is 16.4. The molecule has 1 heterocycles. The van der Waals surface area contributed by atoms with Crippen molar-refractivity contribution in [3.05, 3.63) is 12.2 Å². The third-order valence-corrected chi connectivity index (χ3v) is 5.17. The largest absolute Gasteiger partial charge is 0.393 e. The Bertz CT molecular complexity index is 400. The highest BCUT2D eigenvalue weighted by molar-refractivity contribution is 5.94. The lowest BCUT2D eigenvalue weighted by Crippen LogP contribution is -2.18. The molecule has 25 heavy (non-hydrogen) atoms. The van der Waals surface area contributed by atoms with Crippen molar-refractivity contribution in [2.45, 2.75) is 104 Å². The minimum atomic E-state index is -0.352. The normalized spacial score (nSPS) is 18.9. The standard InChI is InChI=1S/C22H38O3/c1-3-5-7-9-10-11-13-15-17-19(16-14-12-8-6-4-2)20-18-21(23)25-22(20)24/h15,17,19-20H,3-14,16,18H2,1-2H3/b17-15+. The third-order valence-electron chi connectivity index (χ3n) is 5.17. The fraction of sp³-hybridized carbons (Fsp3) is 0.818. The van der Waals surface area contributed by atoms with E-state index in [1.54, 1.807) is 0 Å². The molecule has 3 nitrogen and oxygen atoms in total. The molecule has 0 aliphatic carbocycles. The van der Waals surface area contributed by atoms with Crippen molar-refractivity contribution in [1.29, 1.82) is 0 Å². The first-order valence-electron chi connectivity index (χ1n) is 10.6. The Morgan fingerprint density at radius 1 is 0.920 bits per heavy atom. The molecule has 0 saturated carbocycles. The van der Waals surface area contributed by atoms with Gasteiger partial charge in [-0.25, -0.2) is 0 Å². The molecule has 3 heteroatoms. The van der Waals surface area contributed by atoms with E-state index in [9.17, 15) is 9.59 Å². The molecule has 1 aliphatic rings. The van der Waals surface area contributed by atoms with Crippen LogP contribution in [0, 0.1) is 11.8 Å². The first-order valence-corrected chi connectivity index (χ1v) is 10.6. The van der Waals surface area contributed by atoms with Crippen LogP contribution in [0.5, 0.6) is 0 Å².